The van der Waals surface area contributed by atoms with Crippen molar-refractivity contribution >= 4 is 45.9 Å². The smallest absolute Gasteiger partial charge is 0.269 e. The van der Waals surface area contributed by atoms with Crippen LogP contribution in [-0.2, 0) is 9.53 Å². The SMILES string of the molecule is CCOCCCN1C(=O)/C(=C\c2c(Oc3ccccc3OC)nc3c(C)cccn3c2=O)SC1=S. The highest BCUT2D eigenvalue weighted by Gasteiger charge is 2.32. The predicted octanol–water partition coefficient (Wildman–Crippen LogP) is 4.43. The first-order valence-corrected chi connectivity index (χ1v) is 12.3. The quantitative estimate of drug-likeness (QED) is 0.237. The number of para-hydroxylation sites is 2. The Morgan fingerprint density at radius 3 is 2.66 bits per heavy atom. The molecule has 1 saturated heterocycles. The van der Waals surface area contributed by atoms with Crippen molar-refractivity contribution in [2.75, 3.05) is 26.9 Å². The number of carbonyl (C=O) groups excluding carboxylic acids is 1. The van der Waals surface area contributed by atoms with Gasteiger partial charge in [0.2, 0.25) is 5.88 Å². The van der Waals surface area contributed by atoms with Crippen LogP contribution < -0.4 is 15.0 Å². The Bertz CT molecular complexity index is 1370. The number of aryl methyl sites for hydroxylation is 1. The summed E-state index contributed by atoms with van der Waals surface area (Å²) in [5.74, 6) is 0.715. The molecule has 3 aromatic rings. The summed E-state index contributed by atoms with van der Waals surface area (Å²) in [5, 5.41) is 0. The molecule has 0 unspecified atom stereocenters. The molecule has 0 bridgehead atoms. The number of ether oxygens (including phenoxy) is 3. The Morgan fingerprint density at radius 1 is 1.14 bits per heavy atom. The second-order valence-electron chi connectivity index (χ2n) is 7.66. The van der Waals surface area contributed by atoms with Crippen LogP contribution in [0.5, 0.6) is 17.4 Å². The monoisotopic (exact) mass is 511 g/mol. The van der Waals surface area contributed by atoms with Crippen molar-refractivity contribution in [1.82, 2.24) is 14.3 Å². The number of thioether (sulfide) groups is 1. The highest BCUT2D eigenvalue weighted by atomic mass is 32.2. The maximum absolute atomic E-state index is 13.5. The minimum atomic E-state index is -0.356. The lowest BCUT2D eigenvalue weighted by Crippen LogP contribution is -2.29. The second kappa shape index (κ2) is 11.0. The first kappa shape index (κ1) is 24.9. The summed E-state index contributed by atoms with van der Waals surface area (Å²) >= 11 is 6.58. The minimum absolute atomic E-state index is 0.0791. The summed E-state index contributed by atoms with van der Waals surface area (Å²) in [7, 11) is 1.53. The number of nitrogens with zero attached hydrogens (tertiary/aromatic N) is 3. The van der Waals surface area contributed by atoms with Crippen LogP contribution in [0.15, 0.2) is 52.3 Å². The summed E-state index contributed by atoms with van der Waals surface area (Å²) in [6.07, 6.45) is 3.81. The van der Waals surface area contributed by atoms with Gasteiger partial charge >= 0.3 is 0 Å². The van der Waals surface area contributed by atoms with Gasteiger partial charge in [0.1, 0.15) is 15.5 Å². The molecule has 0 atom stereocenters. The van der Waals surface area contributed by atoms with Gasteiger partial charge in [-0.3, -0.25) is 18.9 Å². The molecular weight excluding hydrogens is 486 g/mol. The number of amides is 1. The summed E-state index contributed by atoms with van der Waals surface area (Å²) in [6, 6.07) is 10.7. The predicted molar refractivity (Wildman–Crippen MR) is 140 cm³/mol. The molecule has 1 aromatic carbocycles. The Morgan fingerprint density at radius 2 is 1.91 bits per heavy atom. The molecule has 10 heteroatoms. The van der Waals surface area contributed by atoms with E-state index in [1.807, 2.05) is 26.0 Å². The molecule has 3 heterocycles. The zero-order valence-corrected chi connectivity index (χ0v) is 21.3. The normalized spacial score (nSPS) is 14.8. The van der Waals surface area contributed by atoms with Gasteiger partial charge in [-0.25, -0.2) is 0 Å². The molecule has 0 aliphatic carbocycles. The van der Waals surface area contributed by atoms with Gasteiger partial charge in [-0.05, 0) is 50.1 Å². The van der Waals surface area contributed by atoms with Gasteiger partial charge in [0, 0.05) is 26.0 Å². The van der Waals surface area contributed by atoms with E-state index in [2.05, 4.69) is 4.98 Å². The van der Waals surface area contributed by atoms with E-state index in [-0.39, 0.29) is 22.9 Å². The number of methoxy groups -OCH3 is 1. The molecule has 1 aliphatic rings. The molecule has 0 saturated carbocycles. The van der Waals surface area contributed by atoms with Crippen LogP contribution in [0.3, 0.4) is 0 Å². The summed E-state index contributed by atoms with van der Waals surface area (Å²) < 4.78 is 18.7. The van der Waals surface area contributed by atoms with Crippen LogP contribution in [0.1, 0.15) is 24.5 Å². The first-order chi connectivity index (χ1) is 16.9. The third-order valence-electron chi connectivity index (χ3n) is 5.35. The molecule has 2 aromatic heterocycles. The van der Waals surface area contributed by atoms with Crippen molar-refractivity contribution in [3.63, 3.8) is 0 Å². The summed E-state index contributed by atoms with van der Waals surface area (Å²) in [6.45, 7) is 5.39. The van der Waals surface area contributed by atoms with Gasteiger partial charge in [-0.15, -0.1) is 0 Å². The number of hydrogen-bond donors (Lipinski definition) is 0. The number of hydrogen-bond acceptors (Lipinski definition) is 8. The zero-order chi connectivity index (χ0) is 24.9. The Hall–Kier alpha value is -3.21. The average Bonchev–Trinajstić information content (AvgIpc) is 3.12. The van der Waals surface area contributed by atoms with Crippen LogP contribution in [0.25, 0.3) is 11.7 Å². The number of rotatable bonds is 9. The van der Waals surface area contributed by atoms with Crippen LogP contribution in [0.4, 0.5) is 0 Å². The van der Waals surface area contributed by atoms with Gasteiger partial charge in [0.05, 0.1) is 12.0 Å². The van der Waals surface area contributed by atoms with E-state index < -0.39 is 0 Å². The highest BCUT2D eigenvalue weighted by Crippen LogP contribution is 2.36. The molecule has 0 spiro atoms. The van der Waals surface area contributed by atoms with Crippen LogP contribution >= 0.6 is 24.0 Å². The van der Waals surface area contributed by atoms with Crippen molar-refractivity contribution in [2.45, 2.75) is 20.3 Å². The highest BCUT2D eigenvalue weighted by molar-refractivity contribution is 8.26. The lowest BCUT2D eigenvalue weighted by atomic mass is 10.2. The molecule has 1 amide bonds. The van der Waals surface area contributed by atoms with E-state index in [0.29, 0.717) is 52.6 Å². The fraction of sp³-hybridized carbons (Fsp3) is 0.280. The number of thiocarbonyl (C=S) groups is 1. The molecule has 35 heavy (non-hydrogen) atoms. The van der Waals surface area contributed by atoms with Gasteiger partial charge in [-0.2, -0.15) is 4.98 Å². The third-order valence-corrected chi connectivity index (χ3v) is 6.73. The van der Waals surface area contributed by atoms with Gasteiger partial charge in [-0.1, -0.05) is 42.2 Å². The molecule has 0 N–H and O–H groups in total. The largest absolute Gasteiger partial charge is 0.493 e. The molecule has 4 rings (SSSR count). The van der Waals surface area contributed by atoms with Gasteiger partial charge in [0.25, 0.3) is 11.5 Å². The van der Waals surface area contributed by atoms with Crippen LogP contribution in [-0.4, -0.2) is 51.4 Å². The Labute approximate surface area is 212 Å². The van der Waals surface area contributed by atoms with Gasteiger partial charge in [0.15, 0.2) is 11.5 Å². The number of carbonyl (C=O) groups is 1. The van der Waals surface area contributed by atoms with E-state index >= 15 is 0 Å². The fourth-order valence-electron chi connectivity index (χ4n) is 3.59. The maximum Gasteiger partial charge on any atom is 0.269 e. The van der Waals surface area contributed by atoms with Crippen molar-refractivity contribution in [1.29, 1.82) is 0 Å². The molecule has 0 radical (unpaired) electrons. The topological polar surface area (TPSA) is 82.4 Å². The number of fused-ring (bicyclic) bond motifs is 1. The number of aromatic nitrogens is 2. The molecule has 182 valence electrons. The molecule has 1 aliphatic heterocycles. The lowest BCUT2D eigenvalue weighted by molar-refractivity contribution is -0.122. The van der Waals surface area contributed by atoms with Crippen LogP contribution in [0, 0.1) is 6.92 Å². The van der Waals surface area contributed by atoms with E-state index in [9.17, 15) is 9.59 Å². The second-order valence-corrected chi connectivity index (χ2v) is 9.33. The van der Waals surface area contributed by atoms with Crippen molar-refractivity contribution < 1.29 is 19.0 Å². The summed E-state index contributed by atoms with van der Waals surface area (Å²) in [5.41, 5.74) is 1.06. The third kappa shape index (κ3) is 5.24. The van der Waals surface area contributed by atoms with Gasteiger partial charge < -0.3 is 14.2 Å². The first-order valence-electron chi connectivity index (χ1n) is 11.1. The number of pyridine rings is 1. The molecule has 1 fully saturated rings. The standard InChI is InChI=1S/C25H25N3O5S2/c1-4-32-14-8-13-28-24(30)20(35-25(28)34)15-17-22(33-19-11-6-5-10-18(19)31-3)26-21-16(2)9-7-12-27(21)23(17)29/h5-7,9-12,15H,4,8,13-14H2,1-3H3/b20-15+. The minimum Gasteiger partial charge on any atom is -0.493 e. The van der Waals surface area contributed by atoms with E-state index in [1.165, 1.54) is 22.5 Å². The number of benzene rings is 1. The van der Waals surface area contributed by atoms with E-state index in [0.717, 1.165) is 17.3 Å². The van der Waals surface area contributed by atoms with Crippen LogP contribution in [0.2, 0.25) is 0 Å². The van der Waals surface area contributed by atoms with Crippen molar-refractivity contribution in [3.8, 4) is 17.4 Å². The van der Waals surface area contributed by atoms with E-state index in [4.69, 9.17) is 26.4 Å². The van der Waals surface area contributed by atoms with Crippen molar-refractivity contribution in [3.05, 3.63) is 69.0 Å². The van der Waals surface area contributed by atoms with E-state index in [1.54, 1.807) is 30.5 Å². The maximum atomic E-state index is 13.5. The lowest BCUT2D eigenvalue weighted by Gasteiger charge is -2.14. The summed E-state index contributed by atoms with van der Waals surface area (Å²) in [4.78, 5) is 33.1. The molecular formula is C25H25N3O5S2. The average molecular weight is 512 g/mol. The molecule has 8 nitrogen and oxygen atoms in total. The Balaban J connectivity index is 1.77. The van der Waals surface area contributed by atoms with Crippen molar-refractivity contribution in [2.24, 2.45) is 0 Å². The fourth-order valence-corrected chi connectivity index (χ4v) is 4.88. The zero-order valence-electron chi connectivity index (χ0n) is 19.6. The Kier molecular flexibility index (Phi) is 7.84.